The molecule has 1 amide bonds. The fourth-order valence-electron chi connectivity index (χ4n) is 3.85. The second kappa shape index (κ2) is 7.84. The highest BCUT2D eigenvalue weighted by atomic mass is 16.5. The molecular formula is C22H23N3O3. The van der Waals surface area contributed by atoms with Gasteiger partial charge in [0.05, 0.1) is 25.4 Å². The Balaban J connectivity index is 1.56. The zero-order chi connectivity index (χ0) is 19.5. The first-order chi connectivity index (χ1) is 13.7. The molecule has 0 unspecified atom stereocenters. The molecule has 144 valence electrons. The molecule has 6 nitrogen and oxygen atoms in total. The largest absolute Gasteiger partial charge is 0.493 e. The van der Waals surface area contributed by atoms with Crippen LogP contribution in [0.25, 0.3) is 10.9 Å². The van der Waals surface area contributed by atoms with Crippen molar-refractivity contribution in [2.75, 3.05) is 27.3 Å². The number of carbonyl (C=O) groups excluding carboxylic acids is 1. The van der Waals surface area contributed by atoms with Gasteiger partial charge < -0.3 is 14.4 Å². The van der Waals surface area contributed by atoms with Crippen LogP contribution in [0.2, 0.25) is 0 Å². The van der Waals surface area contributed by atoms with Crippen molar-refractivity contribution in [3.63, 3.8) is 0 Å². The van der Waals surface area contributed by atoms with E-state index in [1.165, 1.54) is 0 Å². The highest BCUT2D eigenvalue weighted by Crippen LogP contribution is 2.36. The van der Waals surface area contributed by atoms with Crippen LogP contribution in [0.5, 0.6) is 11.5 Å². The summed E-state index contributed by atoms with van der Waals surface area (Å²) in [6.07, 6.45) is 3.35. The van der Waals surface area contributed by atoms with Crippen LogP contribution >= 0.6 is 0 Å². The minimum absolute atomic E-state index is 0.0954. The van der Waals surface area contributed by atoms with E-state index in [1.54, 1.807) is 20.5 Å². The Labute approximate surface area is 164 Å². The Hall–Kier alpha value is -3.15. The molecular weight excluding hydrogens is 354 g/mol. The number of likely N-dealkylation sites (tertiary alicyclic amines) is 1. The monoisotopic (exact) mass is 377 g/mol. The number of hydrogen-bond donors (Lipinski definition) is 0. The summed E-state index contributed by atoms with van der Waals surface area (Å²) in [4.78, 5) is 23.6. The summed E-state index contributed by atoms with van der Waals surface area (Å²) >= 11 is 0. The van der Waals surface area contributed by atoms with Gasteiger partial charge in [-0.15, -0.1) is 0 Å². The number of aromatic nitrogens is 2. The van der Waals surface area contributed by atoms with Crippen LogP contribution in [0.15, 0.2) is 48.8 Å². The summed E-state index contributed by atoms with van der Waals surface area (Å²) < 4.78 is 10.8. The van der Waals surface area contributed by atoms with Gasteiger partial charge in [-0.25, -0.2) is 9.97 Å². The number of ether oxygens (including phenoxy) is 2. The third kappa shape index (κ3) is 3.38. The van der Waals surface area contributed by atoms with Crippen molar-refractivity contribution >= 4 is 16.8 Å². The topological polar surface area (TPSA) is 64.6 Å². The zero-order valence-electron chi connectivity index (χ0n) is 16.1. The van der Waals surface area contributed by atoms with E-state index in [2.05, 4.69) is 9.97 Å². The van der Waals surface area contributed by atoms with Crippen molar-refractivity contribution in [3.8, 4) is 11.5 Å². The van der Waals surface area contributed by atoms with Gasteiger partial charge in [0.25, 0.3) is 5.91 Å². The van der Waals surface area contributed by atoms with Crippen LogP contribution in [0.4, 0.5) is 0 Å². The van der Waals surface area contributed by atoms with Crippen molar-refractivity contribution in [2.24, 2.45) is 0 Å². The van der Waals surface area contributed by atoms with Crippen LogP contribution in [0.3, 0.4) is 0 Å². The molecule has 1 saturated heterocycles. The Morgan fingerprint density at radius 1 is 1.00 bits per heavy atom. The molecule has 1 aliphatic heterocycles. The molecule has 0 aliphatic carbocycles. The Morgan fingerprint density at radius 3 is 2.36 bits per heavy atom. The second-order valence-corrected chi connectivity index (χ2v) is 6.92. The van der Waals surface area contributed by atoms with Gasteiger partial charge in [0.15, 0.2) is 11.5 Å². The highest BCUT2D eigenvalue weighted by molar-refractivity contribution is 5.94. The molecule has 6 heteroatoms. The van der Waals surface area contributed by atoms with Gasteiger partial charge in [0, 0.05) is 36.0 Å². The molecule has 0 spiro atoms. The number of fused-ring (bicyclic) bond motifs is 1. The van der Waals surface area contributed by atoms with Crippen LogP contribution in [0.1, 0.15) is 34.8 Å². The molecule has 2 aromatic carbocycles. The van der Waals surface area contributed by atoms with Crippen molar-refractivity contribution in [1.29, 1.82) is 0 Å². The number of rotatable bonds is 4. The lowest BCUT2D eigenvalue weighted by Crippen LogP contribution is -2.38. The Morgan fingerprint density at radius 2 is 1.68 bits per heavy atom. The predicted molar refractivity (Wildman–Crippen MR) is 107 cm³/mol. The summed E-state index contributed by atoms with van der Waals surface area (Å²) in [5.41, 5.74) is 2.59. The second-order valence-electron chi connectivity index (χ2n) is 6.92. The van der Waals surface area contributed by atoms with Crippen LogP contribution < -0.4 is 9.47 Å². The normalized spacial score (nSPS) is 14.9. The van der Waals surface area contributed by atoms with Gasteiger partial charge in [0.2, 0.25) is 0 Å². The Kier molecular flexibility index (Phi) is 5.10. The van der Waals surface area contributed by atoms with E-state index in [-0.39, 0.29) is 11.8 Å². The maximum absolute atomic E-state index is 12.7. The molecule has 1 aromatic heterocycles. The molecule has 2 heterocycles. The van der Waals surface area contributed by atoms with E-state index in [9.17, 15) is 4.79 Å². The van der Waals surface area contributed by atoms with Crippen LogP contribution in [0, 0.1) is 0 Å². The number of carbonyl (C=O) groups is 1. The molecule has 0 bridgehead atoms. The molecule has 0 N–H and O–H groups in total. The lowest BCUT2D eigenvalue weighted by atomic mass is 9.90. The number of hydrogen-bond acceptors (Lipinski definition) is 5. The van der Waals surface area contributed by atoms with Gasteiger partial charge >= 0.3 is 0 Å². The lowest BCUT2D eigenvalue weighted by Gasteiger charge is -2.32. The number of amides is 1. The summed E-state index contributed by atoms with van der Waals surface area (Å²) in [6.45, 7) is 1.44. The van der Waals surface area contributed by atoms with Gasteiger partial charge in [-0.05, 0) is 31.0 Å². The van der Waals surface area contributed by atoms with Gasteiger partial charge in [-0.2, -0.15) is 0 Å². The van der Waals surface area contributed by atoms with Crippen molar-refractivity contribution in [1.82, 2.24) is 14.9 Å². The van der Waals surface area contributed by atoms with E-state index >= 15 is 0 Å². The standard InChI is InChI=1S/C22H23N3O3/c1-27-19-12-17-18(13-20(19)28-2)23-14-24-21(17)15-8-10-25(11-9-15)22(26)16-6-4-3-5-7-16/h3-7,12-15H,8-11H2,1-2H3. The van der Waals surface area contributed by atoms with E-state index < -0.39 is 0 Å². The zero-order valence-corrected chi connectivity index (χ0v) is 16.1. The molecule has 0 atom stereocenters. The van der Waals surface area contributed by atoms with Gasteiger partial charge in [-0.1, -0.05) is 18.2 Å². The highest BCUT2D eigenvalue weighted by Gasteiger charge is 2.27. The summed E-state index contributed by atoms with van der Waals surface area (Å²) in [7, 11) is 3.24. The first-order valence-corrected chi connectivity index (χ1v) is 9.42. The molecule has 3 aromatic rings. The van der Waals surface area contributed by atoms with E-state index in [0.717, 1.165) is 48.1 Å². The molecule has 28 heavy (non-hydrogen) atoms. The minimum atomic E-state index is 0.0954. The van der Waals surface area contributed by atoms with E-state index in [0.29, 0.717) is 11.5 Å². The van der Waals surface area contributed by atoms with Crippen molar-refractivity contribution < 1.29 is 14.3 Å². The summed E-state index contributed by atoms with van der Waals surface area (Å²) in [5, 5.41) is 0.980. The fourth-order valence-corrected chi connectivity index (χ4v) is 3.85. The Bertz CT molecular complexity index is 983. The van der Waals surface area contributed by atoms with Crippen molar-refractivity contribution in [2.45, 2.75) is 18.8 Å². The maximum Gasteiger partial charge on any atom is 0.253 e. The van der Waals surface area contributed by atoms with Crippen molar-refractivity contribution in [3.05, 3.63) is 60.0 Å². The van der Waals surface area contributed by atoms with Crippen LogP contribution in [-0.2, 0) is 0 Å². The van der Waals surface area contributed by atoms with Gasteiger partial charge in [0.1, 0.15) is 6.33 Å². The maximum atomic E-state index is 12.7. The molecule has 1 aliphatic rings. The first kappa shape index (κ1) is 18.2. The summed E-state index contributed by atoms with van der Waals surface area (Å²) in [5.74, 6) is 1.70. The van der Waals surface area contributed by atoms with Crippen LogP contribution in [-0.4, -0.2) is 48.1 Å². The molecule has 1 fully saturated rings. The number of methoxy groups -OCH3 is 2. The van der Waals surface area contributed by atoms with E-state index in [1.807, 2.05) is 47.4 Å². The molecule has 0 saturated carbocycles. The number of benzene rings is 2. The number of piperidine rings is 1. The summed E-state index contributed by atoms with van der Waals surface area (Å²) in [6, 6.07) is 13.3. The fraction of sp³-hybridized carbons (Fsp3) is 0.318. The lowest BCUT2D eigenvalue weighted by molar-refractivity contribution is 0.0712. The first-order valence-electron chi connectivity index (χ1n) is 9.42. The average Bonchev–Trinajstić information content (AvgIpc) is 2.77. The minimum Gasteiger partial charge on any atom is -0.493 e. The SMILES string of the molecule is COc1cc2ncnc(C3CCN(C(=O)c4ccccc4)CC3)c2cc1OC. The third-order valence-electron chi connectivity index (χ3n) is 5.36. The molecule has 0 radical (unpaired) electrons. The smallest absolute Gasteiger partial charge is 0.253 e. The average molecular weight is 377 g/mol. The van der Waals surface area contributed by atoms with E-state index in [4.69, 9.17) is 9.47 Å². The molecule has 4 rings (SSSR count). The van der Waals surface area contributed by atoms with Gasteiger partial charge in [-0.3, -0.25) is 4.79 Å². The third-order valence-corrected chi connectivity index (χ3v) is 5.36. The number of nitrogens with zero attached hydrogens (tertiary/aromatic N) is 3. The predicted octanol–water partition coefficient (Wildman–Crippen LogP) is 3.67. The quantitative estimate of drug-likeness (QED) is 0.694.